The van der Waals surface area contributed by atoms with Gasteiger partial charge in [-0.25, -0.2) is 0 Å². The van der Waals surface area contributed by atoms with Gasteiger partial charge in [-0.2, -0.15) is 11.8 Å². The third-order valence-electron chi connectivity index (χ3n) is 4.04. The van der Waals surface area contributed by atoms with Gasteiger partial charge in [-0.15, -0.1) is 0 Å². The van der Waals surface area contributed by atoms with E-state index in [0.29, 0.717) is 17.2 Å². The van der Waals surface area contributed by atoms with E-state index in [1.165, 1.54) is 19.3 Å². The molecule has 0 aromatic heterocycles. The Morgan fingerprint density at radius 2 is 2.18 bits per heavy atom. The molecule has 3 atom stereocenters. The average Bonchev–Trinajstić information content (AvgIpc) is 2.80. The summed E-state index contributed by atoms with van der Waals surface area (Å²) in [6.07, 6.45) is 8.11. The number of hydrogen-bond acceptors (Lipinski definition) is 3. The topological polar surface area (TPSA) is 32.3 Å². The van der Waals surface area contributed by atoms with Gasteiger partial charge in [0.25, 0.3) is 0 Å². The summed E-state index contributed by atoms with van der Waals surface area (Å²) in [5.74, 6) is 0.351. The summed E-state index contributed by atoms with van der Waals surface area (Å²) in [6, 6.07) is 0.579. The van der Waals surface area contributed by atoms with Gasteiger partial charge in [-0.3, -0.25) is 4.79 Å². The molecule has 4 heteroatoms. The van der Waals surface area contributed by atoms with Crippen molar-refractivity contribution in [3.8, 4) is 0 Å². The highest BCUT2D eigenvalue weighted by Crippen LogP contribution is 2.33. The first-order valence-corrected chi connectivity index (χ1v) is 8.13. The molecule has 98 valence electrons. The summed E-state index contributed by atoms with van der Waals surface area (Å²) >= 11 is 1.94. The summed E-state index contributed by atoms with van der Waals surface area (Å²) in [5, 5.41) is 3.99. The van der Waals surface area contributed by atoms with Crippen LogP contribution in [0.25, 0.3) is 0 Å². The summed E-state index contributed by atoms with van der Waals surface area (Å²) in [4.78, 5) is 14.6. The van der Waals surface area contributed by atoms with Crippen LogP contribution in [0.3, 0.4) is 0 Å². The van der Waals surface area contributed by atoms with Crippen LogP contribution in [0.15, 0.2) is 0 Å². The van der Waals surface area contributed by atoms with E-state index in [1.54, 1.807) is 0 Å². The van der Waals surface area contributed by atoms with Crippen LogP contribution in [0.5, 0.6) is 0 Å². The highest BCUT2D eigenvalue weighted by Gasteiger charge is 2.38. The molecular weight excluding hydrogens is 232 g/mol. The number of piperidine rings is 1. The summed E-state index contributed by atoms with van der Waals surface area (Å²) in [7, 11) is 0. The van der Waals surface area contributed by atoms with Crippen molar-refractivity contribution in [1.82, 2.24) is 10.2 Å². The van der Waals surface area contributed by atoms with Gasteiger partial charge >= 0.3 is 0 Å². The van der Waals surface area contributed by atoms with E-state index in [9.17, 15) is 4.79 Å². The molecule has 0 aromatic rings. The molecule has 2 fully saturated rings. The number of hydrogen-bond donors (Lipinski definition) is 1. The van der Waals surface area contributed by atoms with Crippen LogP contribution in [0.1, 0.15) is 39.0 Å². The van der Waals surface area contributed by atoms with Crippen LogP contribution < -0.4 is 5.32 Å². The molecule has 1 saturated carbocycles. The van der Waals surface area contributed by atoms with Gasteiger partial charge in [-0.1, -0.05) is 13.3 Å². The first-order valence-electron chi connectivity index (χ1n) is 6.84. The van der Waals surface area contributed by atoms with Crippen molar-refractivity contribution in [3.63, 3.8) is 0 Å². The summed E-state index contributed by atoms with van der Waals surface area (Å²) in [5.41, 5.74) is 0. The minimum Gasteiger partial charge on any atom is -0.337 e. The highest BCUT2D eigenvalue weighted by atomic mass is 32.2. The van der Waals surface area contributed by atoms with Crippen molar-refractivity contribution >= 4 is 17.7 Å². The van der Waals surface area contributed by atoms with E-state index < -0.39 is 0 Å². The lowest BCUT2D eigenvalue weighted by molar-refractivity contribution is -0.138. The number of nitrogens with one attached hydrogen (secondary N) is 1. The minimum atomic E-state index is 0.0804. The van der Waals surface area contributed by atoms with Crippen LogP contribution in [0.2, 0.25) is 0 Å². The Morgan fingerprint density at radius 1 is 1.35 bits per heavy atom. The Hall–Kier alpha value is -0.220. The number of likely N-dealkylation sites (tertiary alicyclic amines) is 1. The van der Waals surface area contributed by atoms with Gasteiger partial charge in [0.2, 0.25) is 5.91 Å². The van der Waals surface area contributed by atoms with E-state index in [4.69, 9.17) is 0 Å². The number of nitrogens with zero attached hydrogens (tertiary/aromatic N) is 1. The lowest BCUT2D eigenvalue weighted by Gasteiger charge is -2.38. The fourth-order valence-electron chi connectivity index (χ4n) is 3.20. The van der Waals surface area contributed by atoms with Crippen LogP contribution in [-0.4, -0.2) is 47.5 Å². The lowest BCUT2D eigenvalue weighted by Crippen LogP contribution is -2.55. The maximum atomic E-state index is 12.4. The smallest absolute Gasteiger partial charge is 0.239 e. The number of rotatable bonds is 4. The summed E-state index contributed by atoms with van der Waals surface area (Å²) in [6.45, 7) is 3.94. The second-order valence-corrected chi connectivity index (χ2v) is 6.13. The average molecular weight is 256 g/mol. The monoisotopic (exact) mass is 256 g/mol. The van der Waals surface area contributed by atoms with E-state index in [2.05, 4.69) is 23.4 Å². The van der Waals surface area contributed by atoms with Crippen molar-refractivity contribution in [2.45, 2.75) is 56.4 Å². The van der Waals surface area contributed by atoms with Crippen LogP contribution in [0, 0.1) is 0 Å². The molecule has 3 nitrogen and oxygen atoms in total. The van der Waals surface area contributed by atoms with Gasteiger partial charge in [-0.05, 0) is 38.5 Å². The minimum absolute atomic E-state index is 0.0804. The molecular formula is C13H24N2OS. The predicted octanol–water partition coefficient (Wildman–Crippen LogP) is 1.87. The zero-order chi connectivity index (χ0) is 12.3. The zero-order valence-electron chi connectivity index (χ0n) is 10.9. The van der Waals surface area contributed by atoms with Crippen molar-refractivity contribution < 1.29 is 4.79 Å². The quantitative estimate of drug-likeness (QED) is 0.833. The maximum Gasteiger partial charge on any atom is 0.239 e. The number of thioether (sulfide) groups is 1. The zero-order valence-corrected chi connectivity index (χ0v) is 11.8. The second kappa shape index (κ2) is 6.10. The van der Waals surface area contributed by atoms with Crippen molar-refractivity contribution in [3.05, 3.63) is 0 Å². The SMILES string of the molecule is CCNC1CCCN(C2CCCC2SC)C1=O. The van der Waals surface area contributed by atoms with Crippen LogP contribution in [0.4, 0.5) is 0 Å². The van der Waals surface area contributed by atoms with Gasteiger partial charge < -0.3 is 10.2 Å². The molecule has 3 unspecified atom stereocenters. The molecule has 0 radical (unpaired) electrons. The predicted molar refractivity (Wildman–Crippen MR) is 73.4 cm³/mol. The molecule has 2 aliphatic rings. The molecule has 1 N–H and O–H groups in total. The molecule has 1 heterocycles. The Labute approximate surface area is 109 Å². The number of likely N-dealkylation sites (N-methyl/N-ethyl adjacent to an activating group) is 1. The molecule has 0 aromatic carbocycles. The standard InChI is InChI=1S/C13H24N2OS/c1-3-14-10-6-5-9-15(13(10)16)11-7-4-8-12(11)17-2/h10-12,14H,3-9H2,1-2H3. The Balaban J connectivity index is 2.01. The molecule has 17 heavy (non-hydrogen) atoms. The highest BCUT2D eigenvalue weighted by molar-refractivity contribution is 7.99. The Bertz CT molecular complexity index is 270. The lowest BCUT2D eigenvalue weighted by atomic mass is 10.0. The molecule has 2 rings (SSSR count). The first kappa shape index (κ1) is 13.2. The Kier molecular flexibility index (Phi) is 4.74. The molecule has 0 bridgehead atoms. The Morgan fingerprint density at radius 3 is 2.88 bits per heavy atom. The third kappa shape index (κ3) is 2.79. The fourth-order valence-corrected chi connectivity index (χ4v) is 4.20. The molecule has 1 aliphatic heterocycles. The van der Waals surface area contributed by atoms with Crippen molar-refractivity contribution in [2.24, 2.45) is 0 Å². The van der Waals surface area contributed by atoms with E-state index in [0.717, 1.165) is 25.9 Å². The second-order valence-electron chi connectivity index (χ2n) is 5.06. The van der Waals surface area contributed by atoms with Gasteiger partial charge in [0, 0.05) is 17.8 Å². The largest absolute Gasteiger partial charge is 0.337 e. The first-order chi connectivity index (χ1) is 8.27. The number of amides is 1. The normalized spacial score (nSPS) is 34.4. The van der Waals surface area contributed by atoms with E-state index in [1.807, 2.05) is 11.8 Å². The van der Waals surface area contributed by atoms with Crippen molar-refractivity contribution in [1.29, 1.82) is 0 Å². The van der Waals surface area contributed by atoms with Gasteiger partial charge in [0.1, 0.15) is 0 Å². The molecule has 1 saturated heterocycles. The summed E-state index contributed by atoms with van der Waals surface area (Å²) < 4.78 is 0. The molecule has 1 aliphatic carbocycles. The molecule has 1 amide bonds. The van der Waals surface area contributed by atoms with Crippen LogP contribution >= 0.6 is 11.8 Å². The van der Waals surface area contributed by atoms with Gasteiger partial charge in [0.15, 0.2) is 0 Å². The van der Waals surface area contributed by atoms with Gasteiger partial charge in [0.05, 0.1) is 6.04 Å². The third-order valence-corrected chi connectivity index (χ3v) is 5.20. The number of carbonyl (C=O) groups excluding carboxylic acids is 1. The van der Waals surface area contributed by atoms with Crippen molar-refractivity contribution in [2.75, 3.05) is 19.3 Å². The number of carbonyl (C=O) groups is 1. The maximum absolute atomic E-state index is 12.4. The van der Waals surface area contributed by atoms with E-state index >= 15 is 0 Å². The van der Waals surface area contributed by atoms with E-state index in [-0.39, 0.29) is 6.04 Å². The fraction of sp³-hybridized carbons (Fsp3) is 0.923. The van der Waals surface area contributed by atoms with Crippen LogP contribution in [-0.2, 0) is 4.79 Å². The molecule has 0 spiro atoms.